The minimum absolute atomic E-state index is 0.00690. The first-order chi connectivity index (χ1) is 9.29. The molecule has 2 aromatic heterocycles. The van der Waals surface area contributed by atoms with Gasteiger partial charge in [-0.3, -0.25) is 9.48 Å². The lowest BCUT2D eigenvalue weighted by Crippen LogP contribution is -2.20. The van der Waals surface area contributed by atoms with Gasteiger partial charge in [-0.1, -0.05) is 18.2 Å². The number of hydrogen-bond acceptors (Lipinski definition) is 4. The molecule has 0 aromatic carbocycles. The van der Waals surface area contributed by atoms with Crippen LogP contribution in [-0.2, 0) is 19.6 Å². The summed E-state index contributed by atoms with van der Waals surface area (Å²) in [4.78, 5) is 11.5. The molecule has 0 aliphatic heterocycles. The molecule has 1 N–H and O–H groups in total. The molecule has 2 heterocycles. The Morgan fingerprint density at radius 2 is 2.21 bits per heavy atom. The molecule has 2 aromatic rings. The van der Waals surface area contributed by atoms with Crippen LogP contribution in [0.3, 0.4) is 0 Å². The van der Waals surface area contributed by atoms with Crippen molar-refractivity contribution in [3.05, 3.63) is 46.6 Å². The van der Waals surface area contributed by atoms with Gasteiger partial charge in [0.05, 0.1) is 12.2 Å². The molecule has 0 aliphatic rings. The summed E-state index contributed by atoms with van der Waals surface area (Å²) in [6.45, 7) is 5.09. The van der Waals surface area contributed by atoms with Crippen molar-refractivity contribution in [1.82, 2.24) is 24.9 Å². The minimum atomic E-state index is 0.00690. The van der Waals surface area contributed by atoms with Gasteiger partial charge >= 0.3 is 0 Å². The van der Waals surface area contributed by atoms with E-state index in [1.54, 1.807) is 27.6 Å². The van der Waals surface area contributed by atoms with E-state index in [-0.39, 0.29) is 5.56 Å². The molecule has 0 aliphatic carbocycles. The van der Waals surface area contributed by atoms with Crippen molar-refractivity contribution < 1.29 is 0 Å². The molecule has 0 saturated heterocycles. The second kappa shape index (κ2) is 6.84. The largest absolute Gasteiger partial charge is 0.314 e. The van der Waals surface area contributed by atoms with Crippen LogP contribution >= 0.6 is 0 Å². The van der Waals surface area contributed by atoms with E-state index in [1.807, 2.05) is 12.3 Å². The number of aromatic nitrogens is 4. The maximum Gasteiger partial charge on any atom is 0.250 e. The van der Waals surface area contributed by atoms with Crippen molar-refractivity contribution in [2.75, 3.05) is 6.54 Å². The van der Waals surface area contributed by atoms with Crippen molar-refractivity contribution in [3.63, 3.8) is 0 Å². The van der Waals surface area contributed by atoms with Crippen LogP contribution in [-0.4, -0.2) is 26.1 Å². The van der Waals surface area contributed by atoms with Gasteiger partial charge in [-0.25, -0.2) is 0 Å². The molecule has 6 heteroatoms. The zero-order valence-corrected chi connectivity index (χ0v) is 11.1. The first-order valence-electron chi connectivity index (χ1n) is 6.55. The molecule has 19 heavy (non-hydrogen) atoms. The fraction of sp³-hybridized carbons (Fsp3) is 0.462. The third-order valence-corrected chi connectivity index (χ3v) is 2.79. The van der Waals surface area contributed by atoms with Crippen molar-refractivity contribution in [1.29, 1.82) is 0 Å². The SMILES string of the molecule is CCCNCc1cn(CCn2ccccc2=O)nn1. The van der Waals surface area contributed by atoms with Crippen LogP contribution in [0.5, 0.6) is 0 Å². The van der Waals surface area contributed by atoms with Gasteiger partial charge in [0.15, 0.2) is 0 Å². The van der Waals surface area contributed by atoms with Gasteiger partial charge in [0.2, 0.25) is 0 Å². The highest BCUT2D eigenvalue weighted by Crippen LogP contribution is 1.94. The zero-order chi connectivity index (χ0) is 13.5. The third-order valence-electron chi connectivity index (χ3n) is 2.79. The molecule has 0 saturated carbocycles. The second-order valence-corrected chi connectivity index (χ2v) is 4.38. The van der Waals surface area contributed by atoms with E-state index in [1.165, 1.54) is 0 Å². The summed E-state index contributed by atoms with van der Waals surface area (Å²) >= 11 is 0. The van der Waals surface area contributed by atoms with Crippen molar-refractivity contribution >= 4 is 0 Å². The van der Waals surface area contributed by atoms with Gasteiger partial charge in [0, 0.05) is 31.5 Å². The van der Waals surface area contributed by atoms with Gasteiger partial charge in [-0.15, -0.1) is 5.10 Å². The number of hydrogen-bond donors (Lipinski definition) is 1. The number of rotatable bonds is 7. The van der Waals surface area contributed by atoms with E-state index in [0.717, 1.165) is 25.2 Å². The predicted octanol–water partition coefficient (Wildman–Crippen LogP) is 0.640. The quantitative estimate of drug-likeness (QED) is 0.743. The first-order valence-corrected chi connectivity index (χ1v) is 6.55. The Morgan fingerprint density at radius 3 is 3.00 bits per heavy atom. The Labute approximate surface area is 112 Å². The van der Waals surface area contributed by atoms with Crippen LogP contribution in [0.2, 0.25) is 0 Å². The van der Waals surface area contributed by atoms with Crippen molar-refractivity contribution in [2.24, 2.45) is 0 Å². The molecule has 0 bridgehead atoms. The summed E-state index contributed by atoms with van der Waals surface area (Å²) in [5, 5.41) is 11.4. The lowest BCUT2D eigenvalue weighted by molar-refractivity contribution is 0.511. The Bertz CT molecular complexity index is 560. The summed E-state index contributed by atoms with van der Waals surface area (Å²) < 4.78 is 3.43. The smallest absolute Gasteiger partial charge is 0.250 e. The predicted molar refractivity (Wildman–Crippen MR) is 72.7 cm³/mol. The summed E-state index contributed by atoms with van der Waals surface area (Å²) in [7, 11) is 0. The van der Waals surface area contributed by atoms with Crippen molar-refractivity contribution in [2.45, 2.75) is 33.0 Å². The van der Waals surface area contributed by atoms with Crippen LogP contribution in [0.4, 0.5) is 0 Å². The Hall–Kier alpha value is -1.95. The molecule has 0 spiro atoms. The summed E-state index contributed by atoms with van der Waals surface area (Å²) in [5.41, 5.74) is 0.932. The maximum absolute atomic E-state index is 11.5. The fourth-order valence-electron chi connectivity index (χ4n) is 1.78. The molecule has 0 radical (unpaired) electrons. The first kappa shape index (κ1) is 13.5. The number of pyridine rings is 1. The summed E-state index contributed by atoms with van der Waals surface area (Å²) in [5.74, 6) is 0. The van der Waals surface area contributed by atoms with Crippen LogP contribution in [0.1, 0.15) is 19.0 Å². The molecule has 0 unspecified atom stereocenters. The van der Waals surface area contributed by atoms with Gasteiger partial charge in [-0.05, 0) is 19.0 Å². The molecule has 0 amide bonds. The zero-order valence-electron chi connectivity index (χ0n) is 11.1. The molecule has 6 nitrogen and oxygen atoms in total. The lowest BCUT2D eigenvalue weighted by atomic mass is 10.4. The van der Waals surface area contributed by atoms with Gasteiger partial charge in [0.1, 0.15) is 0 Å². The van der Waals surface area contributed by atoms with E-state index < -0.39 is 0 Å². The monoisotopic (exact) mass is 261 g/mol. The molecular formula is C13H19N5O. The van der Waals surface area contributed by atoms with Crippen LogP contribution in [0, 0.1) is 0 Å². The van der Waals surface area contributed by atoms with E-state index in [2.05, 4.69) is 22.6 Å². The van der Waals surface area contributed by atoms with Gasteiger partial charge in [0.25, 0.3) is 5.56 Å². The van der Waals surface area contributed by atoms with Crippen LogP contribution in [0.25, 0.3) is 0 Å². The van der Waals surface area contributed by atoms with E-state index in [9.17, 15) is 4.79 Å². The number of nitrogens with zero attached hydrogens (tertiary/aromatic N) is 4. The van der Waals surface area contributed by atoms with Crippen molar-refractivity contribution in [3.8, 4) is 0 Å². The van der Waals surface area contributed by atoms with Gasteiger partial charge < -0.3 is 9.88 Å². The summed E-state index contributed by atoms with van der Waals surface area (Å²) in [6, 6.07) is 5.15. The molecule has 102 valence electrons. The highest BCUT2D eigenvalue weighted by atomic mass is 16.1. The highest BCUT2D eigenvalue weighted by Gasteiger charge is 2.01. The molecule has 2 rings (SSSR count). The number of nitrogens with one attached hydrogen (secondary N) is 1. The van der Waals surface area contributed by atoms with Gasteiger partial charge in [-0.2, -0.15) is 0 Å². The topological polar surface area (TPSA) is 64.7 Å². The van der Waals surface area contributed by atoms with E-state index in [4.69, 9.17) is 0 Å². The standard InChI is InChI=1S/C13H19N5O/c1-2-6-14-10-12-11-18(16-15-12)9-8-17-7-4-3-5-13(17)19/h3-5,7,11,14H,2,6,8-10H2,1H3. The Morgan fingerprint density at radius 1 is 1.32 bits per heavy atom. The van der Waals surface area contributed by atoms with E-state index in [0.29, 0.717) is 13.1 Å². The average molecular weight is 261 g/mol. The van der Waals surface area contributed by atoms with Crippen LogP contribution < -0.4 is 10.9 Å². The van der Waals surface area contributed by atoms with E-state index >= 15 is 0 Å². The number of aryl methyl sites for hydroxylation is 2. The average Bonchev–Trinajstić information content (AvgIpc) is 2.86. The Kier molecular flexibility index (Phi) is 4.85. The highest BCUT2D eigenvalue weighted by molar-refractivity contribution is 4.94. The normalized spacial score (nSPS) is 10.8. The molecule has 0 fully saturated rings. The minimum Gasteiger partial charge on any atom is -0.314 e. The molecule has 0 atom stereocenters. The lowest BCUT2D eigenvalue weighted by Gasteiger charge is -2.04. The second-order valence-electron chi connectivity index (χ2n) is 4.38. The molecular weight excluding hydrogens is 242 g/mol. The Balaban J connectivity index is 1.87. The third kappa shape index (κ3) is 4.03. The maximum atomic E-state index is 11.5. The fourth-order valence-corrected chi connectivity index (χ4v) is 1.78. The van der Waals surface area contributed by atoms with Crippen LogP contribution in [0.15, 0.2) is 35.4 Å². The summed E-state index contributed by atoms with van der Waals surface area (Å²) in [6.07, 6.45) is 4.80.